The van der Waals surface area contributed by atoms with Gasteiger partial charge in [-0.3, -0.25) is 9.59 Å². The minimum absolute atomic E-state index is 0.0506. The Labute approximate surface area is 205 Å². The maximum absolute atomic E-state index is 12.4. The molecule has 0 aliphatic carbocycles. The number of aryl methyl sites for hydroxylation is 2. The van der Waals surface area contributed by atoms with Crippen molar-refractivity contribution in [2.75, 3.05) is 22.1 Å². The van der Waals surface area contributed by atoms with Crippen molar-refractivity contribution >= 4 is 68.3 Å². The molecule has 8 heteroatoms. The number of hydrogen-bond donors (Lipinski definition) is 2. The monoisotopic (exact) mass is 493 g/mol. The van der Waals surface area contributed by atoms with E-state index in [-0.39, 0.29) is 17.6 Å². The van der Waals surface area contributed by atoms with E-state index in [4.69, 9.17) is 0 Å². The highest BCUT2D eigenvalue weighted by molar-refractivity contribution is 8.01. The molecule has 0 spiro atoms. The number of amides is 2. The second kappa shape index (κ2) is 10.9. The SMILES string of the molecule is Cc1cc(C)cc(NC(=O)CSc2nc3ccc(NC(=O)CSc4ccccc4)cc3s2)c1. The van der Waals surface area contributed by atoms with Crippen LogP contribution in [-0.2, 0) is 9.59 Å². The number of thioether (sulfide) groups is 2. The lowest BCUT2D eigenvalue weighted by Crippen LogP contribution is -2.14. The van der Waals surface area contributed by atoms with Crippen molar-refractivity contribution in [1.29, 1.82) is 0 Å². The van der Waals surface area contributed by atoms with Gasteiger partial charge in [0.05, 0.1) is 21.7 Å². The molecule has 1 aromatic heterocycles. The number of nitrogens with zero attached hydrogens (tertiary/aromatic N) is 1. The quantitative estimate of drug-likeness (QED) is 0.279. The molecule has 0 atom stereocenters. The summed E-state index contributed by atoms with van der Waals surface area (Å²) in [5, 5.41) is 5.90. The Balaban J connectivity index is 1.31. The average molecular weight is 494 g/mol. The molecule has 0 aliphatic rings. The number of thiazole rings is 1. The summed E-state index contributed by atoms with van der Waals surface area (Å²) in [7, 11) is 0. The van der Waals surface area contributed by atoms with E-state index in [0.29, 0.717) is 5.75 Å². The molecule has 33 heavy (non-hydrogen) atoms. The summed E-state index contributed by atoms with van der Waals surface area (Å²) in [4.78, 5) is 30.3. The molecule has 2 amide bonds. The van der Waals surface area contributed by atoms with Gasteiger partial charge in [-0.15, -0.1) is 23.1 Å². The molecule has 0 fully saturated rings. The number of nitrogens with one attached hydrogen (secondary N) is 2. The van der Waals surface area contributed by atoms with Gasteiger partial charge in [0.15, 0.2) is 4.34 Å². The molecule has 0 aliphatic heterocycles. The molecule has 5 nitrogen and oxygen atoms in total. The van der Waals surface area contributed by atoms with Crippen molar-refractivity contribution < 1.29 is 9.59 Å². The lowest BCUT2D eigenvalue weighted by Gasteiger charge is -2.06. The summed E-state index contributed by atoms with van der Waals surface area (Å²) < 4.78 is 1.80. The van der Waals surface area contributed by atoms with E-state index in [2.05, 4.69) is 21.7 Å². The van der Waals surface area contributed by atoms with Crippen LogP contribution in [-0.4, -0.2) is 28.3 Å². The van der Waals surface area contributed by atoms with E-state index >= 15 is 0 Å². The summed E-state index contributed by atoms with van der Waals surface area (Å²) >= 11 is 4.43. The van der Waals surface area contributed by atoms with E-state index in [9.17, 15) is 9.59 Å². The maximum atomic E-state index is 12.4. The fourth-order valence-corrected chi connectivity index (χ4v) is 5.90. The Morgan fingerprint density at radius 3 is 2.21 bits per heavy atom. The molecule has 2 N–H and O–H groups in total. The Kier molecular flexibility index (Phi) is 7.69. The molecule has 4 aromatic rings. The third-order valence-corrected chi connectivity index (χ3v) is 7.77. The second-order valence-corrected chi connectivity index (χ2v) is 10.8. The van der Waals surface area contributed by atoms with Crippen molar-refractivity contribution in [3.8, 4) is 0 Å². The standard InChI is InChI=1S/C25H23N3O2S3/c1-16-10-17(2)12-19(11-16)27-24(30)15-32-25-28-21-9-8-18(13-22(21)33-25)26-23(29)14-31-20-6-4-3-5-7-20/h3-13H,14-15H2,1-2H3,(H,26,29)(H,27,30). The van der Waals surface area contributed by atoms with Gasteiger partial charge in [-0.1, -0.05) is 36.0 Å². The van der Waals surface area contributed by atoms with Gasteiger partial charge < -0.3 is 10.6 Å². The molecule has 4 rings (SSSR count). The van der Waals surface area contributed by atoms with E-state index in [0.717, 1.165) is 42.0 Å². The average Bonchev–Trinajstić information content (AvgIpc) is 3.18. The lowest BCUT2D eigenvalue weighted by molar-refractivity contribution is -0.114. The van der Waals surface area contributed by atoms with E-state index < -0.39 is 0 Å². The molecular formula is C25H23N3O2S3. The molecular weight excluding hydrogens is 470 g/mol. The van der Waals surface area contributed by atoms with Gasteiger partial charge in [-0.25, -0.2) is 4.98 Å². The van der Waals surface area contributed by atoms with E-state index in [1.54, 1.807) is 0 Å². The maximum Gasteiger partial charge on any atom is 0.234 e. The van der Waals surface area contributed by atoms with Crippen LogP contribution in [0, 0.1) is 13.8 Å². The summed E-state index contributed by atoms with van der Waals surface area (Å²) in [5.41, 5.74) is 4.65. The van der Waals surface area contributed by atoms with Gasteiger partial charge in [-0.2, -0.15) is 0 Å². The molecule has 3 aromatic carbocycles. The van der Waals surface area contributed by atoms with Crippen molar-refractivity contribution in [2.45, 2.75) is 23.1 Å². The van der Waals surface area contributed by atoms with Gasteiger partial charge >= 0.3 is 0 Å². The minimum Gasteiger partial charge on any atom is -0.325 e. The van der Waals surface area contributed by atoms with Crippen LogP contribution < -0.4 is 10.6 Å². The first kappa shape index (κ1) is 23.4. The molecule has 0 saturated heterocycles. The predicted octanol–water partition coefficient (Wildman–Crippen LogP) is 6.37. The van der Waals surface area contributed by atoms with Crippen LogP contribution in [0.1, 0.15) is 11.1 Å². The first-order valence-electron chi connectivity index (χ1n) is 10.3. The van der Waals surface area contributed by atoms with E-state index in [1.165, 1.54) is 34.9 Å². The zero-order valence-electron chi connectivity index (χ0n) is 18.3. The minimum atomic E-state index is -0.0619. The Bertz CT molecular complexity index is 1270. The van der Waals surface area contributed by atoms with Crippen molar-refractivity contribution in [1.82, 2.24) is 4.98 Å². The van der Waals surface area contributed by atoms with Crippen LogP contribution in [0.4, 0.5) is 11.4 Å². The van der Waals surface area contributed by atoms with Crippen molar-refractivity contribution in [3.05, 3.63) is 77.9 Å². The number of fused-ring (bicyclic) bond motifs is 1. The topological polar surface area (TPSA) is 71.1 Å². The Morgan fingerprint density at radius 2 is 1.48 bits per heavy atom. The van der Waals surface area contributed by atoms with Gasteiger partial charge in [-0.05, 0) is 67.4 Å². The van der Waals surface area contributed by atoms with Crippen molar-refractivity contribution in [3.63, 3.8) is 0 Å². The van der Waals surface area contributed by atoms with Gasteiger partial charge in [0.2, 0.25) is 11.8 Å². The highest BCUT2D eigenvalue weighted by atomic mass is 32.2. The summed E-state index contributed by atoms with van der Waals surface area (Å²) in [5.74, 6) is 0.521. The fraction of sp³-hybridized carbons (Fsp3) is 0.160. The molecule has 1 heterocycles. The molecule has 168 valence electrons. The smallest absolute Gasteiger partial charge is 0.234 e. The zero-order chi connectivity index (χ0) is 23.2. The Hall–Kier alpha value is -2.81. The first-order chi connectivity index (χ1) is 15.9. The molecule has 0 bridgehead atoms. The van der Waals surface area contributed by atoms with Crippen LogP contribution in [0.5, 0.6) is 0 Å². The molecule has 0 radical (unpaired) electrons. The van der Waals surface area contributed by atoms with Crippen molar-refractivity contribution in [2.24, 2.45) is 0 Å². The van der Waals surface area contributed by atoms with Gasteiger partial charge in [0.25, 0.3) is 0 Å². The Morgan fingerprint density at radius 1 is 0.818 bits per heavy atom. The third-order valence-electron chi connectivity index (χ3n) is 4.60. The number of rotatable bonds is 8. The normalized spacial score (nSPS) is 10.8. The second-order valence-electron chi connectivity index (χ2n) is 7.53. The van der Waals surface area contributed by atoms with Gasteiger partial charge in [0, 0.05) is 16.3 Å². The van der Waals surface area contributed by atoms with Crippen LogP contribution in [0.25, 0.3) is 10.2 Å². The molecule has 0 unspecified atom stereocenters. The number of carbonyl (C=O) groups excluding carboxylic acids is 2. The third kappa shape index (κ3) is 6.83. The van der Waals surface area contributed by atoms with Crippen LogP contribution in [0.3, 0.4) is 0 Å². The highest BCUT2D eigenvalue weighted by Gasteiger charge is 2.10. The summed E-state index contributed by atoms with van der Waals surface area (Å²) in [6, 6.07) is 21.5. The molecule has 0 saturated carbocycles. The predicted molar refractivity (Wildman–Crippen MR) is 141 cm³/mol. The zero-order valence-corrected chi connectivity index (χ0v) is 20.7. The number of carbonyl (C=O) groups is 2. The summed E-state index contributed by atoms with van der Waals surface area (Å²) in [6.45, 7) is 4.02. The van der Waals surface area contributed by atoms with Gasteiger partial charge in [0.1, 0.15) is 0 Å². The number of anilines is 2. The van der Waals surface area contributed by atoms with Crippen LogP contribution in [0.2, 0.25) is 0 Å². The van der Waals surface area contributed by atoms with Crippen LogP contribution in [0.15, 0.2) is 76.0 Å². The number of benzene rings is 3. The number of hydrogen-bond acceptors (Lipinski definition) is 6. The number of aromatic nitrogens is 1. The largest absolute Gasteiger partial charge is 0.325 e. The summed E-state index contributed by atoms with van der Waals surface area (Å²) in [6.07, 6.45) is 0. The lowest BCUT2D eigenvalue weighted by atomic mass is 10.1. The van der Waals surface area contributed by atoms with E-state index in [1.807, 2.05) is 74.5 Å². The van der Waals surface area contributed by atoms with Crippen LogP contribution >= 0.6 is 34.9 Å². The fourth-order valence-electron chi connectivity index (χ4n) is 3.28. The highest BCUT2D eigenvalue weighted by Crippen LogP contribution is 2.31. The first-order valence-corrected chi connectivity index (χ1v) is 13.1.